The van der Waals surface area contributed by atoms with Crippen LogP contribution in [0.1, 0.15) is 39.5 Å². The van der Waals surface area contributed by atoms with E-state index in [0.29, 0.717) is 18.5 Å². The number of amides is 1. The molecule has 0 radical (unpaired) electrons. The van der Waals surface area contributed by atoms with Gasteiger partial charge < -0.3 is 20.1 Å². The van der Waals surface area contributed by atoms with E-state index in [2.05, 4.69) is 24.1 Å². The molecule has 1 aliphatic carbocycles. The van der Waals surface area contributed by atoms with Crippen molar-refractivity contribution in [3.05, 3.63) is 24.3 Å². The highest BCUT2D eigenvalue weighted by atomic mass is 16.4. The molecule has 1 saturated carbocycles. The monoisotopic (exact) mass is 317 g/mol. The summed E-state index contributed by atoms with van der Waals surface area (Å²) in [5.74, 6) is -2.48. The summed E-state index contributed by atoms with van der Waals surface area (Å²) in [6.07, 6.45) is 2.88. The Balaban J connectivity index is 2.03. The van der Waals surface area contributed by atoms with Crippen molar-refractivity contribution >= 4 is 23.3 Å². The van der Waals surface area contributed by atoms with Crippen LogP contribution >= 0.6 is 0 Å². The number of hydrogen-bond donors (Lipinski definition) is 1. The maximum absolute atomic E-state index is 12.4. The molecule has 0 saturated heterocycles. The molecule has 0 aromatic heterocycles. The molecule has 2 atom stereocenters. The van der Waals surface area contributed by atoms with Gasteiger partial charge >= 0.3 is 0 Å². The van der Waals surface area contributed by atoms with Crippen LogP contribution in [-0.4, -0.2) is 25.0 Å². The van der Waals surface area contributed by atoms with E-state index >= 15 is 0 Å². The number of rotatable bonds is 6. The van der Waals surface area contributed by atoms with Crippen LogP contribution in [0.2, 0.25) is 0 Å². The second-order valence-corrected chi connectivity index (χ2v) is 6.02. The highest BCUT2D eigenvalue weighted by Gasteiger charge is 2.31. The van der Waals surface area contributed by atoms with Crippen LogP contribution < -0.4 is 15.3 Å². The summed E-state index contributed by atoms with van der Waals surface area (Å²) in [5, 5.41) is 14.1. The molecule has 1 fully saturated rings. The van der Waals surface area contributed by atoms with Crippen molar-refractivity contribution in [1.82, 2.24) is 0 Å². The molecule has 1 aliphatic rings. The third-order valence-electron chi connectivity index (χ3n) is 4.67. The Morgan fingerprint density at radius 3 is 2.17 bits per heavy atom. The zero-order chi connectivity index (χ0) is 16.8. The maximum Gasteiger partial charge on any atom is 0.228 e. The fourth-order valence-electron chi connectivity index (χ4n) is 3.31. The Kier molecular flexibility index (Phi) is 6.02. The van der Waals surface area contributed by atoms with Gasteiger partial charge in [-0.15, -0.1) is 0 Å². The smallest absolute Gasteiger partial charge is 0.228 e. The molecule has 5 heteroatoms. The second-order valence-electron chi connectivity index (χ2n) is 6.02. The topological polar surface area (TPSA) is 72.5 Å². The van der Waals surface area contributed by atoms with Crippen molar-refractivity contribution in [1.29, 1.82) is 0 Å². The van der Waals surface area contributed by atoms with Crippen molar-refractivity contribution in [3.63, 3.8) is 0 Å². The molecular weight excluding hydrogens is 292 g/mol. The first-order valence-corrected chi connectivity index (χ1v) is 8.43. The summed E-state index contributed by atoms with van der Waals surface area (Å²) in [7, 11) is 0. The van der Waals surface area contributed by atoms with E-state index in [-0.39, 0.29) is 5.91 Å². The summed E-state index contributed by atoms with van der Waals surface area (Å²) in [5.41, 5.74) is 1.81. The molecule has 1 aromatic carbocycles. The summed E-state index contributed by atoms with van der Waals surface area (Å²) in [4.78, 5) is 25.8. The van der Waals surface area contributed by atoms with Crippen molar-refractivity contribution in [2.24, 2.45) is 11.8 Å². The van der Waals surface area contributed by atoms with Gasteiger partial charge in [-0.3, -0.25) is 4.79 Å². The fraction of sp³-hybridized carbons (Fsp3) is 0.556. The lowest BCUT2D eigenvalue weighted by molar-refractivity contribution is -0.313. The number of nitrogens with zero attached hydrogens (tertiary/aromatic N) is 1. The standard InChI is InChI=1S/C18H26N2O3/c1-3-20(4-2)14-11-9-13(10-12-14)19-17(21)15-7-5-6-8-16(15)18(22)23/h9-12,15-16H,3-8H2,1-2H3,(H,19,21)(H,22,23)/p-1/t15-,16+/m1/s1. The fourth-order valence-corrected chi connectivity index (χ4v) is 3.31. The van der Waals surface area contributed by atoms with Crippen LogP contribution in [0.15, 0.2) is 24.3 Å². The average molecular weight is 317 g/mol. The van der Waals surface area contributed by atoms with Crippen LogP contribution in [0.25, 0.3) is 0 Å². The molecule has 0 heterocycles. The van der Waals surface area contributed by atoms with Gasteiger partial charge in [0.1, 0.15) is 0 Å². The first kappa shape index (κ1) is 17.3. The number of carbonyl (C=O) groups is 2. The van der Waals surface area contributed by atoms with E-state index in [1.807, 2.05) is 24.3 Å². The minimum absolute atomic E-state index is 0.213. The molecule has 126 valence electrons. The van der Waals surface area contributed by atoms with E-state index in [1.165, 1.54) is 0 Å². The normalized spacial score (nSPS) is 20.8. The van der Waals surface area contributed by atoms with Gasteiger partial charge in [0, 0.05) is 42.3 Å². The van der Waals surface area contributed by atoms with Crippen molar-refractivity contribution in [2.45, 2.75) is 39.5 Å². The lowest BCUT2D eigenvalue weighted by Crippen LogP contribution is -2.42. The van der Waals surface area contributed by atoms with Gasteiger partial charge in [0.25, 0.3) is 0 Å². The molecule has 2 rings (SSSR count). The van der Waals surface area contributed by atoms with Crippen LogP contribution in [0.4, 0.5) is 11.4 Å². The highest BCUT2D eigenvalue weighted by Crippen LogP contribution is 2.31. The molecule has 0 unspecified atom stereocenters. The van der Waals surface area contributed by atoms with E-state index in [0.717, 1.165) is 31.6 Å². The number of carboxylic acid groups (broad SMARTS) is 1. The number of anilines is 2. The Bertz CT molecular complexity index is 538. The van der Waals surface area contributed by atoms with Crippen LogP contribution in [0, 0.1) is 11.8 Å². The number of carbonyl (C=O) groups excluding carboxylic acids is 2. The number of benzene rings is 1. The molecular formula is C18H25N2O3-. The molecule has 0 bridgehead atoms. The predicted octanol–water partition coefficient (Wildman–Crippen LogP) is 2.03. The zero-order valence-corrected chi connectivity index (χ0v) is 13.9. The Hall–Kier alpha value is -2.04. The Morgan fingerprint density at radius 1 is 1.09 bits per heavy atom. The number of hydrogen-bond acceptors (Lipinski definition) is 4. The van der Waals surface area contributed by atoms with Gasteiger partial charge in [-0.05, 0) is 51.0 Å². The molecule has 1 amide bonds. The largest absolute Gasteiger partial charge is 0.550 e. The van der Waals surface area contributed by atoms with E-state index < -0.39 is 17.8 Å². The quantitative estimate of drug-likeness (QED) is 0.871. The molecule has 0 spiro atoms. The molecule has 1 N–H and O–H groups in total. The predicted molar refractivity (Wildman–Crippen MR) is 89.1 cm³/mol. The zero-order valence-electron chi connectivity index (χ0n) is 13.9. The van der Waals surface area contributed by atoms with Crippen LogP contribution in [0.3, 0.4) is 0 Å². The minimum atomic E-state index is -1.11. The molecule has 0 aliphatic heterocycles. The number of carboxylic acids is 1. The van der Waals surface area contributed by atoms with E-state index in [1.54, 1.807) is 0 Å². The summed E-state index contributed by atoms with van der Waals surface area (Å²) in [6.45, 7) is 6.06. The van der Waals surface area contributed by atoms with Crippen LogP contribution in [-0.2, 0) is 9.59 Å². The lowest BCUT2D eigenvalue weighted by Gasteiger charge is -2.31. The lowest BCUT2D eigenvalue weighted by atomic mass is 9.78. The van der Waals surface area contributed by atoms with E-state index in [9.17, 15) is 14.7 Å². The molecule has 23 heavy (non-hydrogen) atoms. The Labute approximate surface area is 137 Å². The van der Waals surface area contributed by atoms with Gasteiger partial charge in [-0.1, -0.05) is 12.8 Å². The van der Waals surface area contributed by atoms with E-state index in [4.69, 9.17) is 0 Å². The third-order valence-corrected chi connectivity index (χ3v) is 4.67. The second kappa shape index (κ2) is 7.99. The average Bonchev–Trinajstić information content (AvgIpc) is 2.57. The van der Waals surface area contributed by atoms with Gasteiger partial charge in [0.05, 0.1) is 0 Å². The van der Waals surface area contributed by atoms with Crippen LogP contribution in [0.5, 0.6) is 0 Å². The minimum Gasteiger partial charge on any atom is -0.550 e. The molecule has 1 aromatic rings. The maximum atomic E-state index is 12.4. The molecule has 5 nitrogen and oxygen atoms in total. The first-order valence-electron chi connectivity index (χ1n) is 8.43. The number of nitrogens with one attached hydrogen (secondary N) is 1. The SMILES string of the molecule is CCN(CC)c1ccc(NC(=O)[C@@H]2CCCC[C@@H]2C(=O)[O-])cc1. The van der Waals surface area contributed by atoms with Gasteiger partial charge in [-0.2, -0.15) is 0 Å². The third kappa shape index (κ3) is 4.24. The Morgan fingerprint density at radius 2 is 1.65 bits per heavy atom. The summed E-state index contributed by atoms with van der Waals surface area (Å²) < 4.78 is 0. The first-order chi connectivity index (χ1) is 11.1. The summed E-state index contributed by atoms with van der Waals surface area (Å²) in [6, 6.07) is 7.67. The van der Waals surface area contributed by atoms with Crippen molar-refractivity contribution in [3.8, 4) is 0 Å². The van der Waals surface area contributed by atoms with Gasteiger partial charge in [-0.25, -0.2) is 0 Å². The van der Waals surface area contributed by atoms with Crippen molar-refractivity contribution < 1.29 is 14.7 Å². The highest BCUT2D eigenvalue weighted by molar-refractivity contribution is 5.95. The van der Waals surface area contributed by atoms with Gasteiger partial charge in [0.15, 0.2) is 0 Å². The number of aliphatic carboxylic acids is 1. The van der Waals surface area contributed by atoms with Gasteiger partial charge in [0.2, 0.25) is 5.91 Å². The summed E-state index contributed by atoms with van der Waals surface area (Å²) >= 11 is 0. The van der Waals surface area contributed by atoms with Crippen molar-refractivity contribution in [2.75, 3.05) is 23.3 Å².